The van der Waals surface area contributed by atoms with E-state index in [1.54, 1.807) is 16.8 Å². The van der Waals surface area contributed by atoms with Gasteiger partial charge < -0.3 is 14.6 Å². The summed E-state index contributed by atoms with van der Waals surface area (Å²) in [4.78, 5) is 20.9. The van der Waals surface area contributed by atoms with E-state index in [1.807, 2.05) is 72.5 Å². The Morgan fingerprint density at radius 1 is 0.975 bits per heavy atom. The number of rotatable bonds is 8. The number of H-pyrrole nitrogens is 1. The summed E-state index contributed by atoms with van der Waals surface area (Å²) < 4.78 is 22.0. The molecule has 40 heavy (non-hydrogen) atoms. The van der Waals surface area contributed by atoms with E-state index >= 15 is 0 Å². The number of pyridine rings is 1. The summed E-state index contributed by atoms with van der Waals surface area (Å²) >= 11 is 0. The normalized spacial score (nSPS) is 14.9. The van der Waals surface area contributed by atoms with E-state index in [1.165, 1.54) is 6.07 Å². The first-order chi connectivity index (χ1) is 19.6. The standard InChI is InChI=1S/C30H30FN7O2/c1-2-40-23-12-13-26-22(18-23)19-24(30(39)32-26)28(29-33-34-35-38(29)20-21-8-4-3-5-9-21)37-16-14-36(15-17-37)27-11-7-6-10-25(27)31/h3-13,18-19,28H,2,14-17,20H2,1H3,(H,32,39). The second-order valence-electron chi connectivity index (χ2n) is 9.79. The number of aromatic nitrogens is 5. The highest BCUT2D eigenvalue weighted by Gasteiger charge is 2.33. The number of aromatic amines is 1. The van der Waals surface area contributed by atoms with Gasteiger partial charge in [-0.05, 0) is 59.3 Å². The van der Waals surface area contributed by atoms with Crippen LogP contribution in [0, 0.1) is 5.82 Å². The molecule has 1 atom stereocenters. The third kappa shape index (κ3) is 5.17. The molecule has 1 unspecified atom stereocenters. The first-order valence-corrected chi connectivity index (χ1v) is 13.4. The average Bonchev–Trinajstić information content (AvgIpc) is 3.42. The van der Waals surface area contributed by atoms with Crippen LogP contribution in [0.2, 0.25) is 0 Å². The minimum Gasteiger partial charge on any atom is -0.494 e. The van der Waals surface area contributed by atoms with Gasteiger partial charge in [-0.2, -0.15) is 0 Å². The minimum atomic E-state index is -0.509. The topological polar surface area (TPSA) is 92.2 Å². The second-order valence-corrected chi connectivity index (χ2v) is 9.79. The lowest BCUT2D eigenvalue weighted by Gasteiger charge is -2.39. The Bertz CT molecular complexity index is 1660. The Morgan fingerprint density at radius 2 is 1.75 bits per heavy atom. The molecule has 10 heteroatoms. The lowest BCUT2D eigenvalue weighted by atomic mass is 10.0. The summed E-state index contributed by atoms with van der Waals surface area (Å²) in [7, 11) is 0. The zero-order valence-electron chi connectivity index (χ0n) is 22.2. The van der Waals surface area contributed by atoms with Gasteiger partial charge in [0.1, 0.15) is 17.6 Å². The number of nitrogens with zero attached hydrogens (tertiary/aromatic N) is 6. The van der Waals surface area contributed by atoms with E-state index in [2.05, 4.69) is 25.4 Å². The third-order valence-corrected chi connectivity index (χ3v) is 7.30. The molecule has 3 aromatic carbocycles. The molecule has 0 spiro atoms. The van der Waals surface area contributed by atoms with Crippen LogP contribution in [0.5, 0.6) is 5.75 Å². The highest BCUT2D eigenvalue weighted by atomic mass is 19.1. The van der Waals surface area contributed by atoms with E-state index in [0.717, 1.165) is 22.2 Å². The summed E-state index contributed by atoms with van der Waals surface area (Å²) in [6.45, 7) is 5.32. The van der Waals surface area contributed by atoms with Crippen LogP contribution < -0.4 is 15.2 Å². The van der Waals surface area contributed by atoms with E-state index in [0.29, 0.717) is 56.4 Å². The molecule has 0 bridgehead atoms. The summed E-state index contributed by atoms with van der Waals surface area (Å²) in [5.41, 5.74) is 2.70. The Labute approximate surface area is 230 Å². The maximum absolute atomic E-state index is 14.5. The third-order valence-electron chi connectivity index (χ3n) is 7.30. The Hall–Kier alpha value is -4.57. The second kappa shape index (κ2) is 11.3. The molecule has 0 radical (unpaired) electrons. The molecule has 1 saturated heterocycles. The molecule has 0 saturated carbocycles. The molecule has 204 valence electrons. The van der Waals surface area contributed by atoms with Crippen molar-refractivity contribution in [3.05, 3.63) is 112 Å². The Kier molecular flexibility index (Phi) is 7.24. The van der Waals surface area contributed by atoms with Crippen molar-refractivity contribution in [2.24, 2.45) is 0 Å². The molecule has 0 amide bonds. The van der Waals surface area contributed by atoms with Crippen molar-refractivity contribution in [1.29, 1.82) is 0 Å². The maximum atomic E-state index is 14.5. The fourth-order valence-electron chi connectivity index (χ4n) is 5.37. The molecule has 0 aliphatic carbocycles. The fraction of sp³-hybridized carbons (Fsp3) is 0.267. The van der Waals surface area contributed by atoms with Gasteiger partial charge in [-0.1, -0.05) is 42.5 Å². The SMILES string of the molecule is CCOc1ccc2[nH]c(=O)c(C(c3nnnn3Cc3ccccc3)N3CCN(c4ccccc4F)CC3)cc2c1. The number of halogens is 1. The minimum absolute atomic E-state index is 0.201. The summed E-state index contributed by atoms with van der Waals surface area (Å²) in [5.74, 6) is 1.07. The molecule has 3 heterocycles. The quantitative estimate of drug-likeness (QED) is 0.319. The molecule has 6 rings (SSSR count). The highest BCUT2D eigenvalue weighted by Crippen LogP contribution is 2.30. The van der Waals surface area contributed by atoms with Crippen LogP contribution in [0.4, 0.5) is 10.1 Å². The number of piperazine rings is 1. The number of anilines is 1. The largest absolute Gasteiger partial charge is 0.494 e. The average molecular weight is 540 g/mol. The number of tetrazole rings is 1. The van der Waals surface area contributed by atoms with Gasteiger partial charge in [-0.3, -0.25) is 9.69 Å². The van der Waals surface area contributed by atoms with Crippen molar-refractivity contribution < 1.29 is 9.13 Å². The number of nitrogens with one attached hydrogen (secondary N) is 1. The molecular formula is C30H30FN7O2. The lowest BCUT2D eigenvalue weighted by Crippen LogP contribution is -2.49. The van der Waals surface area contributed by atoms with Crippen LogP contribution in [0.3, 0.4) is 0 Å². The van der Waals surface area contributed by atoms with Crippen molar-refractivity contribution in [2.45, 2.75) is 19.5 Å². The van der Waals surface area contributed by atoms with Gasteiger partial charge in [0, 0.05) is 42.6 Å². The predicted octanol–water partition coefficient (Wildman–Crippen LogP) is 4.01. The monoisotopic (exact) mass is 539 g/mol. The number of hydrogen-bond donors (Lipinski definition) is 1. The molecular weight excluding hydrogens is 509 g/mol. The van der Waals surface area contributed by atoms with Crippen molar-refractivity contribution in [2.75, 3.05) is 37.7 Å². The number of hydrogen-bond acceptors (Lipinski definition) is 7. The van der Waals surface area contributed by atoms with Gasteiger partial charge in [0.05, 0.1) is 18.8 Å². The molecule has 1 aliphatic rings. The smallest absolute Gasteiger partial charge is 0.253 e. The van der Waals surface area contributed by atoms with Crippen LogP contribution in [0.25, 0.3) is 10.9 Å². The number of benzene rings is 3. The van der Waals surface area contributed by atoms with E-state index in [9.17, 15) is 9.18 Å². The van der Waals surface area contributed by atoms with Crippen molar-refractivity contribution >= 4 is 16.6 Å². The Morgan fingerprint density at radius 3 is 2.52 bits per heavy atom. The highest BCUT2D eigenvalue weighted by molar-refractivity contribution is 5.80. The first-order valence-electron chi connectivity index (χ1n) is 13.4. The predicted molar refractivity (Wildman–Crippen MR) is 151 cm³/mol. The van der Waals surface area contributed by atoms with Gasteiger partial charge >= 0.3 is 0 Å². The number of para-hydroxylation sites is 1. The van der Waals surface area contributed by atoms with Gasteiger partial charge in [-0.15, -0.1) is 5.10 Å². The van der Waals surface area contributed by atoms with E-state index < -0.39 is 6.04 Å². The Balaban J connectivity index is 1.39. The summed E-state index contributed by atoms with van der Waals surface area (Å²) in [5, 5.41) is 13.6. The molecule has 9 nitrogen and oxygen atoms in total. The molecule has 1 N–H and O–H groups in total. The number of fused-ring (bicyclic) bond motifs is 1. The zero-order valence-corrected chi connectivity index (χ0v) is 22.2. The van der Waals surface area contributed by atoms with Gasteiger partial charge in [0.25, 0.3) is 5.56 Å². The van der Waals surface area contributed by atoms with Crippen LogP contribution in [-0.2, 0) is 6.54 Å². The maximum Gasteiger partial charge on any atom is 0.253 e. The summed E-state index contributed by atoms with van der Waals surface area (Å²) in [6, 6.07) is 23.8. The van der Waals surface area contributed by atoms with Gasteiger partial charge in [0.2, 0.25) is 0 Å². The van der Waals surface area contributed by atoms with E-state index in [-0.39, 0.29) is 11.4 Å². The van der Waals surface area contributed by atoms with Crippen molar-refractivity contribution in [3.8, 4) is 5.75 Å². The van der Waals surface area contributed by atoms with Crippen molar-refractivity contribution in [1.82, 2.24) is 30.1 Å². The fourth-order valence-corrected chi connectivity index (χ4v) is 5.37. The van der Waals surface area contributed by atoms with Crippen LogP contribution in [-0.4, -0.2) is 62.9 Å². The van der Waals surface area contributed by atoms with Gasteiger partial charge in [-0.25, -0.2) is 9.07 Å². The van der Waals surface area contributed by atoms with E-state index in [4.69, 9.17) is 4.74 Å². The summed E-state index contributed by atoms with van der Waals surface area (Å²) in [6.07, 6.45) is 0. The van der Waals surface area contributed by atoms with Crippen LogP contribution in [0.15, 0.2) is 83.7 Å². The first kappa shape index (κ1) is 25.7. The van der Waals surface area contributed by atoms with Crippen LogP contribution >= 0.6 is 0 Å². The van der Waals surface area contributed by atoms with Gasteiger partial charge in [0.15, 0.2) is 5.82 Å². The number of ether oxygens (including phenoxy) is 1. The molecule has 2 aromatic heterocycles. The lowest BCUT2D eigenvalue weighted by molar-refractivity contribution is 0.200. The molecule has 1 fully saturated rings. The van der Waals surface area contributed by atoms with Crippen LogP contribution in [0.1, 0.15) is 29.9 Å². The van der Waals surface area contributed by atoms with Crippen molar-refractivity contribution in [3.63, 3.8) is 0 Å². The zero-order chi connectivity index (χ0) is 27.5. The molecule has 5 aromatic rings. The molecule has 1 aliphatic heterocycles.